The zero-order valence-corrected chi connectivity index (χ0v) is 20.8. The van der Waals surface area contributed by atoms with Crippen LogP contribution in [0, 0.1) is 13.8 Å². The number of aryl methyl sites for hydroxylation is 2. The number of hydrogen-bond donors (Lipinski definition) is 0. The molecule has 0 N–H and O–H groups in total. The van der Waals surface area contributed by atoms with Gasteiger partial charge in [-0.25, -0.2) is 17.9 Å². The first-order chi connectivity index (χ1) is 16.6. The smallest absolute Gasteiger partial charge is 0.338 e. The molecule has 184 valence electrons. The third-order valence-electron chi connectivity index (χ3n) is 5.95. The standard InChI is InChI=1S/C25H28N4O5S/c1-18-15-19(2)29(26-18)23-9-7-21(8-10-23)17-34-25(31)22-5-4-6-24(16-22)35(32,33)28-13-11-27(12-14-28)20(3)30/h4-10,15-16H,11-14,17H2,1-3H3. The summed E-state index contributed by atoms with van der Waals surface area (Å²) in [5, 5.41) is 4.46. The minimum atomic E-state index is -3.79. The SMILES string of the molecule is CC(=O)N1CCN(S(=O)(=O)c2cccc(C(=O)OCc3ccc(-n4nc(C)cc4C)cc3)c2)CC1. The van der Waals surface area contributed by atoms with E-state index in [1.54, 1.807) is 4.90 Å². The van der Waals surface area contributed by atoms with Gasteiger partial charge in [0, 0.05) is 38.8 Å². The van der Waals surface area contributed by atoms with E-state index in [0.29, 0.717) is 13.1 Å². The average Bonchev–Trinajstić information content (AvgIpc) is 3.20. The largest absolute Gasteiger partial charge is 0.457 e. The number of amides is 1. The molecule has 2 heterocycles. The summed E-state index contributed by atoms with van der Waals surface area (Å²) < 4.78 is 34.7. The van der Waals surface area contributed by atoms with Crippen LogP contribution in [0.2, 0.25) is 0 Å². The van der Waals surface area contributed by atoms with Crippen LogP contribution < -0.4 is 0 Å². The van der Waals surface area contributed by atoms with E-state index < -0.39 is 16.0 Å². The van der Waals surface area contributed by atoms with E-state index in [-0.39, 0.29) is 36.1 Å². The lowest BCUT2D eigenvalue weighted by Gasteiger charge is -2.33. The number of aromatic nitrogens is 2. The number of rotatable bonds is 6. The van der Waals surface area contributed by atoms with Crippen molar-refractivity contribution in [3.63, 3.8) is 0 Å². The molecule has 0 unspecified atom stereocenters. The molecule has 1 saturated heterocycles. The van der Waals surface area contributed by atoms with Gasteiger partial charge in [-0.05, 0) is 55.8 Å². The van der Waals surface area contributed by atoms with E-state index in [2.05, 4.69) is 5.10 Å². The highest BCUT2D eigenvalue weighted by molar-refractivity contribution is 7.89. The van der Waals surface area contributed by atoms with Gasteiger partial charge in [-0.15, -0.1) is 0 Å². The van der Waals surface area contributed by atoms with Crippen molar-refractivity contribution in [3.05, 3.63) is 77.1 Å². The number of esters is 1. The molecule has 3 aromatic rings. The molecule has 4 rings (SSSR count). The molecule has 35 heavy (non-hydrogen) atoms. The zero-order chi connectivity index (χ0) is 25.2. The average molecular weight is 497 g/mol. The summed E-state index contributed by atoms with van der Waals surface area (Å²) in [4.78, 5) is 25.8. The molecular weight excluding hydrogens is 468 g/mol. The lowest BCUT2D eigenvalue weighted by Crippen LogP contribution is -2.49. The molecule has 0 spiro atoms. The van der Waals surface area contributed by atoms with Crippen molar-refractivity contribution < 1.29 is 22.7 Å². The molecule has 1 aromatic heterocycles. The van der Waals surface area contributed by atoms with Crippen molar-refractivity contribution in [2.24, 2.45) is 0 Å². The first-order valence-corrected chi connectivity index (χ1v) is 12.7. The molecule has 10 heteroatoms. The highest BCUT2D eigenvalue weighted by atomic mass is 32.2. The number of nitrogens with zero attached hydrogens (tertiary/aromatic N) is 4. The van der Waals surface area contributed by atoms with Crippen LogP contribution in [0.15, 0.2) is 59.5 Å². The van der Waals surface area contributed by atoms with Gasteiger partial charge in [0.1, 0.15) is 6.61 Å². The topological polar surface area (TPSA) is 102 Å². The Kier molecular flexibility index (Phi) is 7.04. The highest BCUT2D eigenvalue weighted by Gasteiger charge is 2.29. The maximum atomic E-state index is 13.1. The summed E-state index contributed by atoms with van der Waals surface area (Å²) in [6.07, 6.45) is 0. The third-order valence-corrected chi connectivity index (χ3v) is 7.85. The van der Waals surface area contributed by atoms with E-state index in [1.807, 2.05) is 48.9 Å². The number of carbonyl (C=O) groups excluding carboxylic acids is 2. The molecule has 0 radical (unpaired) electrons. The molecular formula is C25H28N4O5S. The first kappa shape index (κ1) is 24.6. The van der Waals surface area contributed by atoms with Crippen LogP contribution in [0.25, 0.3) is 5.69 Å². The molecule has 0 saturated carbocycles. The van der Waals surface area contributed by atoms with Crippen LogP contribution >= 0.6 is 0 Å². The zero-order valence-electron chi connectivity index (χ0n) is 20.0. The maximum absolute atomic E-state index is 13.1. The second-order valence-corrected chi connectivity index (χ2v) is 10.5. The highest BCUT2D eigenvalue weighted by Crippen LogP contribution is 2.20. The monoisotopic (exact) mass is 496 g/mol. The Morgan fingerprint density at radius 1 is 0.971 bits per heavy atom. The molecule has 0 bridgehead atoms. The second-order valence-electron chi connectivity index (χ2n) is 8.52. The number of piperazine rings is 1. The molecule has 1 fully saturated rings. The number of hydrogen-bond acceptors (Lipinski definition) is 6. The molecule has 0 aliphatic carbocycles. The number of benzene rings is 2. The van der Waals surface area contributed by atoms with Crippen LogP contribution in [-0.2, 0) is 26.2 Å². The van der Waals surface area contributed by atoms with Crippen LogP contribution in [0.3, 0.4) is 0 Å². The van der Waals surface area contributed by atoms with Gasteiger partial charge < -0.3 is 9.64 Å². The van der Waals surface area contributed by atoms with E-state index in [4.69, 9.17) is 4.74 Å². The van der Waals surface area contributed by atoms with Crippen molar-refractivity contribution in [1.82, 2.24) is 19.0 Å². The Labute approximate surface area is 205 Å². The fourth-order valence-electron chi connectivity index (χ4n) is 4.03. The van der Waals surface area contributed by atoms with Crippen LogP contribution in [-0.4, -0.2) is 65.5 Å². The Bertz CT molecular complexity index is 1340. The Hall–Kier alpha value is -3.50. The minimum absolute atomic E-state index is 0.0254. The van der Waals surface area contributed by atoms with Gasteiger partial charge in [-0.2, -0.15) is 9.40 Å². The summed E-state index contributed by atoms with van der Waals surface area (Å²) in [5.74, 6) is -0.681. The van der Waals surface area contributed by atoms with Gasteiger partial charge in [0.2, 0.25) is 15.9 Å². The van der Waals surface area contributed by atoms with E-state index in [0.717, 1.165) is 22.6 Å². The van der Waals surface area contributed by atoms with Gasteiger partial charge in [0.05, 0.1) is 21.8 Å². The quantitative estimate of drug-likeness (QED) is 0.487. The van der Waals surface area contributed by atoms with Crippen molar-refractivity contribution >= 4 is 21.9 Å². The van der Waals surface area contributed by atoms with Gasteiger partial charge >= 0.3 is 5.97 Å². The number of sulfonamides is 1. The first-order valence-electron chi connectivity index (χ1n) is 11.3. The number of carbonyl (C=O) groups is 2. The Morgan fingerprint density at radius 2 is 1.66 bits per heavy atom. The Morgan fingerprint density at radius 3 is 2.26 bits per heavy atom. The lowest BCUT2D eigenvalue weighted by atomic mass is 10.2. The van der Waals surface area contributed by atoms with E-state index in [9.17, 15) is 18.0 Å². The van der Waals surface area contributed by atoms with Crippen LogP contribution in [0.5, 0.6) is 0 Å². The molecule has 2 aromatic carbocycles. The molecule has 1 aliphatic heterocycles. The van der Waals surface area contributed by atoms with Crippen LogP contribution in [0.1, 0.15) is 34.2 Å². The minimum Gasteiger partial charge on any atom is -0.457 e. The summed E-state index contributed by atoms with van der Waals surface area (Å²) in [6.45, 7) is 6.55. The predicted molar refractivity (Wildman–Crippen MR) is 130 cm³/mol. The fourth-order valence-corrected chi connectivity index (χ4v) is 5.50. The summed E-state index contributed by atoms with van der Waals surface area (Å²) in [7, 11) is -3.79. The van der Waals surface area contributed by atoms with E-state index in [1.165, 1.54) is 35.5 Å². The lowest BCUT2D eigenvalue weighted by molar-refractivity contribution is -0.129. The predicted octanol–water partition coefficient (Wildman–Crippen LogP) is 2.70. The summed E-state index contributed by atoms with van der Waals surface area (Å²) >= 11 is 0. The molecule has 1 amide bonds. The van der Waals surface area contributed by atoms with Gasteiger partial charge in [0.15, 0.2) is 0 Å². The van der Waals surface area contributed by atoms with Gasteiger partial charge in [-0.3, -0.25) is 4.79 Å². The summed E-state index contributed by atoms with van der Waals surface area (Å²) in [5.41, 5.74) is 3.83. The number of ether oxygens (including phenoxy) is 1. The molecule has 1 aliphatic rings. The van der Waals surface area contributed by atoms with E-state index >= 15 is 0 Å². The normalized spacial score (nSPS) is 14.7. The third kappa shape index (κ3) is 5.44. The molecule has 0 atom stereocenters. The fraction of sp³-hybridized carbons (Fsp3) is 0.320. The van der Waals surface area contributed by atoms with Gasteiger partial charge in [-0.1, -0.05) is 18.2 Å². The van der Waals surface area contributed by atoms with Crippen molar-refractivity contribution in [3.8, 4) is 5.69 Å². The van der Waals surface area contributed by atoms with Crippen molar-refractivity contribution in [2.45, 2.75) is 32.3 Å². The van der Waals surface area contributed by atoms with Crippen molar-refractivity contribution in [1.29, 1.82) is 0 Å². The Balaban J connectivity index is 1.40. The van der Waals surface area contributed by atoms with Crippen molar-refractivity contribution in [2.75, 3.05) is 26.2 Å². The summed E-state index contributed by atoms with van der Waals surface area (Å²) in [6, 6.07) is 15.4. The van der Waals surface area contributed by atoms with Crippen LogP contribution in [0.4, 0.5) is 0 Å². The second kappa shape index (κ2) is 10.0. The maximum Gasteiger partial charge on any atom is 0.338 e. The molecule has 9 nitrogen and oxygen atoms in total. The van der Waals surface area contributed by atoms with Gasteiger partial charge in [0.25, 0.3) is 0 Å².